The molecule has 0 heterocycles. The predicted molar refractivity (Wildman–Crippen MR) is 40.7 cm³/mol. The third-order valence-corrected chi connectivity index (χ3v) is 1.54. The summed E-state index contributed by atoms with van der Waals surface area (Å²) in [6.07, 6.45) is -4.03. The van der Waals surface area contributed by atoms with Crippen LogP contribution in [0.3, 0.4) is 0 Å². The van der Waals surface area contributed by atoms with Crippen LogP contribution in [-0.4, -0.2) is 40.0 Å². The summed E-state index contributed by atoms with van der Waals surface area (Å²) in [6, 6.07) is 0. The Bertz CT molecular complexity index is 293. The van der Waals surface area contributed by atoms with Gasteiger partial charge in [0.25, 0.3) is 0 Å². The highest BCUT2D eigenvalue weighted by atomic mass is 19.3. The van der Waals surface area contributed by atoms with Crippen LogP contribution in [0.15, 0.2) is 0 Å². The van der Waals surface area contributed by atoms with Crippen molar-refractivity contribution in [1.29, 1.82) is 0 Å². The zero-order valence-electron chi connectivity index (χ0n) is 7.83. The largest absolute Gasteiger partial charge is 0.477 e. The Hall–Kier alpha value is -1.60. The summed E-state index contributed by atoms with van der Waals surface area (Å²) < 4.78 is 37.7. The van der Waals surface area contributed by atoms with E-state index in [1.54, 1.807) is 0 Å². The van der Waals surface area contributed by atoms with Gasteiger partial charge in [-0.2, -0.15) is 4.39 Å². The molecule has 1 N–H and O–H groups in total. The summed E-state index contributed by atoms with van der Waals surface area (Å²) in [5.41, 5.74) is 0. The number of alkyl halides is 3. The topological polar surface area (TPSA) is 74.7 Å². The van der Waals surface area contributed by atoms with Crippen molar-refractivity contribution in [3.05, 3.63) is 0 Å². The number of nitrogens with zero attached hydrogens (tertiary/aromatic N) is 1. The van der Waals surface area contributed by atoms with Gasteiger partial charge in [-0.1, -0.05) is 0 Å². The molecule has 0 saturated carbocycles. The second-order valence-corrected chi connectivity index (χ2v) is 2.65. The number of aliphatic carboxylic acids is 1. The fourth-order valence-corrected chi connectivity index (χ4v) is 0.967. The lowest BCUT2D eigenvalue weighted by Crippen LogP contribution is -2.59. The highest BCUT2D eigenvalue weighted by Gasteiger charge is 2.57. The molecule has 0 rings (SSSR count). The van der Waals surface area contributed by atoms with Crippen LogP contribution in [-0.2, 0) is 14.4 Å². The third kappa shape index (κ3) is 2.25. The Morgan fingerprint density at radius 1 is 1.20 bits per heavy atom. The smallest absolute Gasteiger partial charge is 0.369 e. The summed E-state index contributed by atoms with van der Waals surface area (Å²) in [5.74, 6) is -9.74. The van der Waals surface area contributed by atoms with Crippen molar-refractivity contribution in [3.63, 3.8) is 0 Å². The SMILES string of the molecule is CC(=O)N(C(C)=O)[C@](F)(C(=O)O)C(F)F. The van der Waals surface area contributed by atoms with Gasteiger partial charge >= 0.3 is 18.2 Å². The van der Waals surface area contributed by atoms with E-state index in [2.05, 4.69) is 0 Å². The van der Waals surface area contributed by atoms with Crippen LogP contribution in [0.25, 0.3) is 0 Å². The summed E-state index contributed by atoms with van der Waals surface area (Å²) in [4.78, 5) is 31.1. The van der Waals surface area contributed by atoms with Crippen molar-refractivity contribution in [2.75, 3.05) is 0 Å². The number of carboxylic acids is 1. The van der Waals surface area contributed by atoms with Crippen molar-refractivity contribution >= 4 is 17.8 Å². The summed E-state index contributed by atoms with van der Waals surface area (Å²) in [7, 11) is 0. The van der Waals surface area contributed by atoms with Gasteiger partial charge in [0.05, 0.1) is 0 Å². The maximum Gasteiger partial charge on any atom is 0.369 e. The first-order valence-corrected chi connectivity index (χ1v) is 3.67. The van der Waals surface area contributed by atoms with Gasteiger partial charge in [0, 0.05) is 13.8 Å². The number of carbonyl (C=O) groups is 3. The minimum Gasteiger partial charge on any atom is -0.477 e. The molecular formula is C7H8F3NO4. The Labute approximate surface area is 82.5 Å². The molecule has 0 saturated heterocycles. The van der Waals surface area contributed by atoms with Crippen LogP contribution in [0.1, 0.15) is 13.8 Å². The third-order valence-electron chi connectivity index (χ3n) is 1.54. The van der Waals surface area contributed by atoms with E-state index in [-0.39, 0.29) is 0 Å². The summed E-state index contributed by atoms with van der Waals surface area (Å²) >= 11 is 0. The van der Waals surface area contributed by atoms with E-state index in [0.29, 0.717) is 13.8 Å². The normalized spacial score (nSPS) is 14.5. The van der Waals surface area contributed by atoms with Gasteiger partial charge in [0.2, 0.25) is 11.8 Å². The molecule has 0 unspecified atom stereocenters. The zero-order valence-corrected chi connectivity index (χ0v) is 7.83. The predicted octanol–water partition coefficient (Wildman–Crippen LogP) is 0.397. The molecule has 0 aromatic heterocycles. The molecule has 0 bridgehead atoms. The molecule has 15 heavy (non-hydrogen) atoms. The Balaban J connectivity index is 5.49. The highest BCUT2D eigenvalue weighted by molar-refractivity contribution is 5.98. The van der Waals surface area contributed by atoms with Crippen molar-refractivity contribution in [2.45, 2.75) is 26.1 Å². The summed E-state index contributed by atoms with van der Waals surface area (Å²) in [5, 5.41) is 8.27. The molecular weight excluding hydrogens is 219 g/mol. The van der Waals surface area contributed by atoms with Gasteiger partial charge in [-0.05, 0) is 0 Å². The van der Waals surface area contributed by atoms with Gasteiger partial charge in [0.1, 0.15) is 0 Å². The first kappa shape index (κ1) is 13.4. The lowest BCUT2D eigenvalue weighted by molar-refractivity contribution is -0.197. The molecule has 0 aliphatic carbocycles. The lowest BCUT2D eigenvalue weighted by atomic mass is 10.2. The average Bonchev–Trinajstić information content (AvgIpc) is 2.01. The molecule has 5 nitrogen and oxygen atoms in total. The Morgan fingerprint density at radius 2 is 1.53 bits per heavy atom. The van der Waals surface area contributed by atoms with E-state index in [4.69, 9.17) is 5.11 Å². The molecule has 8 heteroatoms. The zero-order chi connectivity index (χ0) is 12.4. The van der Waals surface area contributed by atoms with E-state index < -0.39 is 34.9 Å². The number of rotatable bonds is 3. The molecule has 2 amide bonds. The Morgan fingerprint density at radius 3 is 1.60 bits per heavy atom. The Kier molecular flexibility index (Phi) is 3.83. The van der Waals surface area contributed by atoms with Crippen molar-refractivity contribution < 1.29 is 32.7 Å². The first-order chi connectivity index (χ1) is 6.65. The van der Waals surface area contributed by atoms with Crippen LogP contribution >= 0.6 is 0 Å². The quantitative estimate of drug-likeness (QED) is 0.708. The number of amides is 2. The van der Waals surface area contributed by atoms with Gasteiger partial charge in [-0.3, -0.25) is 9.59 Å². The monoisotopic (exact) mass is 227 g/mol. The standard InChI is InChI=1S/C7H8F3NO4/c1-3(12)11(4(2)13)7(10,5(8)9)6(14)15/h5H,1-2H3,(H,14,15)/t7-/m0/s1. The van der Waals surface area contributed by atoms with E-state index in [9.17, 15) is 27.6 Å². The van der Waals surface area contributed by atoms with E-state index in [1.807, 2.05) is 0 Å². The van der Waals surface area contributed by atoms with Crippen LogP contribution in [0.2, 0.25) is 0 Å². The van der Waals surface area contributed by atoms with Crippen molar-refractivity contribution in [3.8, 4) is 0 Å². The van der Waals surface area contributed by atoms with Crippen LogP contribution in [0.4, 0.5) is 13.2 Å². The minimum absolute atomic E-state index is 0.612. The maximum absolute atomic E-state index is 13.3. The number of halogens is 3. The molecule has 86 valence electrons. The van der Waals surface area contributed by atoms with E-state index in [0.717, 1.165) is 0 Å². The van der Waals surface area contributed by atoms with E-state index >= 15 is 0 Å². The molecule has 0 aromatic carbocycles. The van der Waals surface area contributed by atoms with Crippen molar-refractivity contribution in [2.24, 2.45) is 0 Å². The molecule has 0 aliphatic heterocycles. The second-order valence-electron chi connectivity index (χ2n) is 2.65. The first-order valence-electron chi connectivity index (χ1n) is 3.67. The average molecular weight is 227 g/mol. The molecule has 0 fully saturated rings. The maximum atomic E-state index is 13.3. The number of hydrogen-bond donors (Lipinski definition) is 1. The fraction of sp³-hybridized carbons (Fsp3) is 0.571. The van der Waals surface area contributed by atoms with E-state index in [1.165, 1.54) is 0 Å². The van der Waals surface area contributed by atoms with Crippen LogP contribution in [0.5, 0.6) is 0 Å². The van der Waals surface area contributed by atoms with Crippen LogP contribution in [0, 0.1) is 0 Å². The molecule has 1 atom stereocenters. The highest BCUT2D eigenvalue weighted by Crippen LogP contribution is 2.26. The number of carboxylic acid groups (broad SMARTS) is 1. The fourth-order valence-electron chi connectivity index (χ4n) is 0.967. The molecule has 0 spiro atoms. The van der Waals surface area contributed by atoms with Gasteiger partial charge in [-0.15, -0.1) is 0 Å². The molecule has 0 aliphatic rings. The van der Waals surface area contributed by atoms with Gasteiger partial charge in [-0.25, -0.2) is 18.5 Å². The minimum atomic E-state index is -4.32. The lowest BCUT2D eigenvalue weighted by Gasteiger charge is -2.29. The molecule has 0 aromatic rings. The number of hydrogen-bond acceptors (Lipinski definition) is 3. The number of imide groups is 1. The van der Waals surface area contributed by atoms with Crippen molar-refractivity contribution in [1.82, 2.24) is 4.90 Å². The summed E-state index contributed by atoms with van der Waals surface area (Å²) in [6.45, 7) is 1.22. The van der Waals surface area contributed by atoms with Gasteiger partial charge in [0.15, 0.2) is 0 Å². The van der Waals surface area contributed by atoms with Crippen LogP contribution < -0.4 is 0 Å². The second kappa shape index (κ2) is 4.28. The molecule has 0 radical (unpaired) electrons. The van der Waals surface area contributed by atoms with Gasteiger partial charge < -0.3 is 5.11 Å². The number of carbonyl (C=O) groups excluding carboxylic acids is 2.